The molecule has 0 spiro atoms. The SMILES string of the molecule is CNC1CCN(C(=O)c2cc(C)cc(Cl)c2)CC1. The van der Waals surface area contributed by atoms with Crippen molar-refractivity contribution in [1.29, 1.82) is 0 Å². The number of hydrogen-bond donors (Lipinski definition) is 1. The third kappa shape index (κ3) is 3.03. The Bertz CT molecular complexity index is 419. The zero-order valence-corrected chi connectivity index (χ0v) is 11.6. The molecule has 1 saturated heterocycles. The van der Waals surface area contributed by atoms with Crippen molar-refractivity contribution >= 4 is 17.5 Å². The average molecular weight is 267 g/mol. The highest BCUT2D eigenvalue weighted by atomic mass is 35.5. The summed E-state index contributed by atoms with van der Waals surface area (Å²) in [6, 6.07) is 6.06. The van der Waals surface area contributed by atoms with Crippen molar-refractivity contribution in [3.05, 3.63) is 34.3 Å². The summed E-state index contributed by atoms with van der Waals surface area (Å²) in [6.45, 7) is 3.59. The third-order valence-electron chi connectivity index (χ3n) is 3.48. The number of halogens is 1. The van der Waals surface area contributed by atoms with E-state index in [1.54, 1.807) is 6.07 Å². The fourth-order valence-corrected chi connectivity index (χ4v) is 2.70. The van der Waals surface area contributed by atoms with Crippen LogP contribution < -0.4 is 5.32 Å². The predicted octanol–water partition coefficient (Wildman–Crippen LogP) is 2.47. The Morgan fingerprint density at radius 3 is 2.56 bits per heavy atom. The standard InChI is InChI=1S/C14H19ClN2O/c1-10-7-11(9-12(15)8-10)14(18)17-5-3-13(16-2)4-6-17/h7-9,13,16H,3-6H2,1-2H3. The highest BCUT2D eigenvalue weighted by Crippen LogP contribution is 2.18. The minimum Gasteiger partial charge on any atom is -0.339 e. The molecule has 0 bridgehead atoms. The van der Waals surface area contributed by atoms with Crippen LogP contribution in [0.1, 0.15) is 28.8 Å². The first-order valence-corrected chi connectivity index (χ1v) is 6.71. The van der Waals surface area contributed by atoms with Gasteiger partial charge in [-0.1, -0.05) is 11.6 Å². The Hall–Kier alpha value is -1.06. The Morgan fingerprint density at radius 1 is 1.33 bits per heavy atom. The topological polar surface area (TPSA) is 32.3 Å². The van der Waals surface area contributed by atoms with Gasteiger partial charge in [0.05, 0.1) is 0 Å². The highest BCUT2D eigenvalue weighted by molar-refractivity contribution is 6.31. The number of amides is 1. The molecule has 0 unspecified atom stereocenters. The van der Waals surface area contributed by atoms with E-state index in [2.05, 4.69) is 5.32 Å². The van der Waals surface area contributed by atoms with Crippen molar-refractivity contribution in [3.63, 3.8) is 0 Å². The lowest BCUT2D eigenvalue weighted by Gasteiger charge is -2.32. The summed E-state index contributed by atoms with van der Waals surface area (Å²) < 4.78 is 0. The molecule has 1 N–H and O–H groups in total. The third-order valence-corrected chi connectivity index (χ3v) is 3.70. The van der Waals surface area contributed by atoms with Gasteiger partial charge in [0, 0.05) is 29.7 Å². The second kappa shape index (κ2) is 5.72. The Kier molecular flexibility index (Phi) is 4.25. The molecule has 98 valence electrons. The zero-order valence-electron chi connectivity index (χ0n) is 10.9. The largest absolute Gasteiger partial charge is 0.339 e. The maximum Gasteiger partial charge on any atom is 0.253 e. The van der Waals surface area contributed by atoms with Crippen molar-refractivity contribution in [2.24, 2.45) is 0 Å². The number of carbonyl (C=O) groups excluding carboxylic acids is 1. The number of hydrogen-bond acceptors (Lipinski definition) is 2. The van der Waals surface area contributed by atoms with Crippen molar-refractivity contribution in [2.75, 3.05) is 20.1 Å². The minimum atomic E-state index is 0.0927. The van der Waals surface area contributed by atoms with Crippen molar-refractivity contribution < 1.29 is 4.79 Å². The molecule has 1 fully saturated rings. The van der Waals surface area contributed by atoms with Crippen molar-refractivity contribution in [3.8, 4) is 0 Å². The molecule has 2 rings (SSSR count). The van der Waals surface area contributed by atoms with E-state index in [1.807, 2.05) is 31.0 Å². The maximum atomic E-state index is 12.3. The van der Waals surface area contributed by atoms with Gasteiger partial charge in [-0.2, -0.15) is 0 Å². The van der Waals surface area contributed by atoms with Gasteiger partial charge in [-0.25, -0.2) is 0 Å². The molecule has 0 aliphatic carbocycles. The highest BCUT2D eigenvalue weighted by Gasteiger charge is 2.22. The summed E-state index contributed by atoms with van der Waals surface area (Å²) in [5.41, 5.74) is 1.72. The van der Waals surface area contributed by atoms with Crippen molar-refractivity contribution in [2.45, 2.75) is 25.8 Å². The fourth-order valence-electron chi connectivity index (χ4n) is 2.41. The molecule has 3 nitrogen and oxygen atoms in total. The number of carbonyl (C=O) groups is 1. The van der Waals surface area contributed by atoms with Crippen LogP contribution in [0.5, 0.6) is 0 Å². The molecule has 1 heterocycles. The molecule has 0 aromatic heterocycles. The molecular weight excluding hydrogens is 248 g/mol. The van der Waals surface area contributed by atoms with Gasteiger partial charge in [-0.3, -0.25) is 4.79 Å². The van der Waals surface area contributed by atoms with E-state index in [0.717, 1.165) is 31.5 Å². The van der Waals surface area contributed by atoms with Gasteiger partial charge in [0.15, 0.2) is 0 Å². The molecular formula is C14H19ClN2O. The van der Waals surface area contributed by atoms with E-state index in [4.69, 9.17) is 11.6 Å². The molecule has 1 amide bonds. The molecule has 18 heavy (non-hydrogen) atoms. The summed E-state index contributed by atoms with van der Waals surface area (Å²) in [6.07, 6.45) is 2.03. The predicted molar refractivity (Wildman–Crippen MR) is 74.2 cm³/mol. The van der Waals surface area contributed by atoms with E-state index in [1.165, 1.54) is 0 Å². The number of likely N-dealkylation sites (tertiary alicyclic amines) is 1. The van der Waals surface area contributed by atoms with E-state index in [-0.39, 0.29) is 5.91 Å². The summed E-state index contributed by atoms with van der Waals surface area (Å²) >= 11 is 6.00. The van der Waals surface area contributed by atoms with Crippen LogP contribution in [-0.4, -0.2) is 37.0 Å². The maximum absolute atomic E-state index is 12.3. The van der Waals surface area contributed by atoms with E-state index in [0.29, 0.717) is 16.6 Å². The molecule has 1 aromatic rings. The molecule has 1 aliphatic heterocycles. The number of benzene rings is 1. The van der Waals surface area contributed by atoms with Crippen LogP contribution in [0.2, 0.25) is 5.02 Å². The molecule has 0 saturated carbocycles. The van der Waals surface area contributed by atoms with Gasteiger partial charge < -0.3 is 10.2 Å². The Labute approximate surface area is 113 Å². The molecule has 1 aliphatic rings. The first kappa shape index (κ1) is 13.4. The zero-order chi connectivity index (χ0) is 13.1. The lowest BCUT2D eigenvalue weighted by atomic mass is 10.0. The summed E-state index contributed by atoms with van der Waals surface area (Å²) in [5, 5.41) is 3.89. The van der Waals surface area contributed by atoms with Crippen LogP contribution in [0.25, 0.3) is 0 Å². The second-order valence-electron chi connectivity index (χ2n) is 4.87. The number of rotatable bonds is 2. The molecule has 0 atom stereocenters. The lowest BCUT2D eigenvalue weighted by Crippen LogP contribution is -2.43. The van der Waals surface area contributed by atoms with Gasteiger partial charge in [0.25, 0.3) is 5.91 Å². The van der Waals surface area contributed by atoms with Crippen LogP contribution in [0.15, 0.2) is 18.2 Å². The van der Waals surface area contributed by atoms with Crippen LogP contribution in [0.3, 0.4) is 0 Å². The van der Waals surface area contributed by atoms with Crippen LogP contribution >= 0.6 is 11.6 Å². The first-order chi connectivity index (χ1) is 8.60. The van der Waals surface area contributed by atoms with Gasteiger partial charge in [-0.05, 0) is 50.6 Å². The van der Waals surface area contributed by atoms with Gasteiger partial charge in [0.2, 0.25) is 0 Å². The summed E-state index contributed by atoms with van der Waals surface area (Å²) in [5.74, 6) is 0.0927. The average Bonchev–Trinajstić information content (AvgIpc) is 2.37. The van der Waals surface area contributed by atoms with Crippen LogP contribution in [0.4, 0.5) is 0 Å². The second-order valence-corrected chi connectivity index (χ2v) is 5.31. The van der Waals surface area contributed by atoms with Gasteiger partial charge >= 0.3 is 0 Å². The number of nitrogens with zero attached hydrogens (tertiary/aromatic N) is 1. The van der Waals surface area contributed by atoms with Crippen LogP contribution in [-0.2, 0) is 0 Å². The lowest BCUT2D eigenvalue weighted by molar-refractivity contribution is 0.0707. The van der Waals surface area contributed by atoms with Crippen molar-refractivity contribution in [1.82, 2.24) is 10.2 Å². The molecule has 1 aromatic carbocycles. The summed E-state index contributed by atoms with van der Waals surface area (Å²) in [4.78, 5) is 14.3. The van der Waals surface area contributed by atoms with E-state index in [9.17, 15) is 4.79 Å². The number of piperidine rings is 1. The normalized spacial score (nSPS) is 16.9. The van der Waals surface area contributed by atoms with E-state index >= 15 is 0 Å². The minimum absolute atomic E-state index is 0.0927. The molecule has 4 heteroatoms. The fraction of sp³-hybridized carbons (Fsp3) is 0.500. The van der Waals surface area contributed by atoms with Gasteiger partial charge in [-0.15, -0.1) is 0 Å². The van der Waals surface area contributed by atoms with E-state index < -0.39 is 0 Å². The Balaban J connectivity index is 2.07. The summed E-state index contributed by atoms with van der Waals surface area (Å²) in [7, 11) is 1.97. The number of aryl methyl sites for hydroxylation is 1. The Morgan fingerprint density at radius 2 is 2.00 bits per heavy atom. The quantitative estimate of drug-likeness (QED) is 0.892. The smallest absolute Gasteiger partial charge is 0.253 e. The first-order valence-electron chi connectivity index (χ1n) is 6.34. The number of nitrogens with one attached hydrogen (secondary N) is 1. The van der Waals surface area contributed by atoms with Crippen LogP contribution in [0, 0.1) is 6.92 Å². The monoisotopic (exact) mass is 266 g/mol. The molecule has 0 radical (unpaired) electrons. The van der Waals surface area contributed by atoms with Gasteiger partial charge in [0.1, 0.15) is 0 Å².